The molecule has 0 bridgehead atoms. The Hall–Kier alpha value is -1.72. The molecule has 1 aliphatic heterocycles. The number of carbonyl (C=O) groups is 1. The zero-order valence-electron chi connectivity index (χ0n) is 14.8. The van der Waals surface area contributed by atoms with Crippen LogP contribution in [0.25, 0.3) is 0 Å². The molecule has 0 aliphatic carbocycles. The van der Waals surface area contributed by atoms with Crippen LogP contribution in [0.2, 0.25) is 15.1 Å². The van der Waals surface area contributed by atoms with E-state index < -0.39 is 0 Å². The summed E-state index contributed by atoms with van der Waals surface area (Å²) in [6.07, 6.45) is 0. The van der Waals surface area contributed by atoms with Crippen LogP contribution in [0, 0.1) is 0 Å². The number of piperazine rings is 1. The number of rotatable bonds is 3. The van der Waals surface area contributed by atoms with E-state index in [4.69, 9.17) is 34.8 Å². The fourth-order valence-electron chi connectivity index (χ4n) is 3.51. The molecule has 1 saturated heterocycles. The normalized spacial score (nSPS) is 17.0. The Kier molecular flexibility index (Phi) is 5.83. The van der Waals surface area contributed by atoms with E-state index in [0.29, 0.717) is 34.7 Å². The zero-order valence-corrected chi connectivity index (χ0v) is 17.9. The number of nitrogens with zero attached hydrogens (tertiary/aromatic N) is 2. The summed E-state index contributed by atoms with van der Waals surface area (Å²) in [7, 11) is 0. The fraction of sp³-hybridized carbons (Fsp3) is 0.190. The standard InChI is InChI=1S/C21H17Cl3N2OS/c22-16-3-1-14(2-4-16)20-12-25(21(27)15-7-10-28-13-15)8-9-26(20)19-6-5-17(23)11-18(19)24/h1-7,10-11,13,20H,8-9,12H2. The maximum Gasteiger partial charge on any atom is 0.254 e. The van der Waals surface area contributed by atoms with E-state index in [0.717, 1.165) is 16.8 Å². The van der Waals surface area contributed by atoms with Gasteiger partial charge in [0, 0.05) is 35.1 Å². The molecule has 0 spiro atoms. The minimum atomic E-state index is -0.0349. The quantitative estimate of drug-likeness (QED) is 0.459. The molecule has 1 fully saturated rings. The highest BCUT2D eigenvalue weighted by Crippen LogP contribution is 2.37. The van der Waals surface area contributed by atoms with Gasteiger partial charge in [-0.2, -0.15) is 11.3 Å². The first kappa shape index (κ1) is 19.6. The molecule has 3 nitrogen and oxygen atoms in total. The van der Waals surface area contributed by atoms with Gasteiger partial charge in [-0.25, -0.2) is 0 Å². The number of hydrogen-bond acceptors (Lipinski definition) is 3. The number of thiophene rings is 1. The van der Waals surface area contributed by atoms with Gasteiger partial charge < -0.3 is 9.80 Å². The monoisotopic (exact) mass is 450 g/mol. The van der Waals surface area contributed by atoms with Crippen molar-refractivity contribution in [3.63, 3.8) is 0 Å². The summed E-state index contributed by atoms with van der Waals surface area (Å²) in [5, 5.41) is 5.70. The molecule has 144 valence electrons. The Balaban J connectivity index is 1.68. The molecule has 2 heterocycles. The van der Waals surface area contributed by atoms with Crippen LogP contribution in [-0.4, -0.2) is 30.4 Å². The van der Waals surface area contributed by atoms with Gasteiger partial charge in [0.2, 0.25) is 0 Å². The highest BCUT2D eigenvalue weighted by molar-refractivity contribution is 7.08. The molecule has 1 unspecified atom stereocenters. The number of amides is 1. The predicted octanol–water partition coefficient (Wildman–Crippen LogP) is 6.41. The Bertz CT molecular complexity index is 976. The maximum atomic E-state index is 12.9. The second-order valence-corrected chi connectivity index (χ2v) is 8.68. The molecule has 0 N–H and O–H groups in total. The molecule has 4 rings (SSSR count). The summed E-state index contributed by atoms with van der Waals surface area (Å²) in [4.78, 5) is 17.0. The van der Waals surface area contributed by atoms with Crippen molar-refractivity contribution in [3.05, 3.63) is 85.5 Å². The molecule has 1 atom stereocenters. The minimum Gasteiger partial charge on any atom is -0.360 e. The molecular weight excluding hydrogens is 435 g/mol. The molecular formula is C21H17Cl3N2OS. The number of halogens is 3. The third-order valence-corrected chi connectivity index (χ3v) is 6.38. The second kappa shape index (κ2) is 8.34. The van der Waals surface area contributed by atoms with E-state index in [-0.39, 0.29) is 11.9 Å². The van der Waals surface area contributed by atoms with Crippen molar-refractivity contribution in [1.29, 1.82) is 0 Å². The molecule has 7 heteroatoms. The lowest BCUT2D eigenvalue weighted by molar-refractivity contribution is 0.0722. The lowest BCUT2D eigenvalue weighted by atomic mass is 10.0. The van der Waals surface area contributed by atoms with Crippen molar-refractivity contribution in [2.45, 2.75) is 6.04 Å². The average molecular weight is 452 g/mol. The van der Waals surface area contributed by atoms with Gasteiger partial charge >= 0.3 is 0 Å². The van der Waals surface area contributed by atoms with Crippen molar-refractivity contribution in [2.75, 3.05) is 24.5 Å². The van der Waals surface area contributed by atoms with Crippen molar-refractivity contribution in [2.24, 2.45) is 0 Å². The number of benzene rings is 2. The number of carbonyl (C=O) groups excluding carboxylic acids is 1. The Morgan fingerprint density at radius 2 is 1.71 bits per heavy atom. The Morgan fingerprint density at radius 1 is 0.964 bits per heavy atom. The summed E-state index contributed by atoms with van der Waals surface area (Å²) in [6, 6.07) is 15.1. The fourth-order valence-corrected chi connectivity index (χ4v) is 4.78. The molecule has 1 aliphatic rings. The van der Waals surface area contributed by atoms with Crippen LogP contribution in [0.5, 0.6) is 0 Å². The van der Waals surface area contributed by atoms with Gasteiger partial charge in [0.1, 0.15) is 0 Å². The van der Waals surface area contributed by atoms with Gasteiger partial charge in [-0.05, 0) is 47.3 Å². The van der Waals surface area contributed by atoms with Crippen molar-refractivity contribution >= 4 is 57.7 Å². The first-order valence-corrected chi connectivity index (χ1v) is 10.9. The van der Waals surface area contributed by atoms with Crippen molar-refractivity contribution in [3.8, 4) is 0 Å². The summed E-state index contributed by atoms with van der Waals surface area (Å²) in [5.41, 5.74) is 2.73. The molecule has 1 aromatic heterocycles. The van der Waals surface area contributed by atoms with Gasteiger partial charge in [-0.3, -0.25) is 4.79 Å². The van der Waals surface area contributed by atoms with Gasteiger partial charge in [0.25, 0.3) is 5.91 Å². The molecule has 28 heavy (non-hydrogen) atoms. The first-order chi connectivity index (χ1) is 13.5. The topological polar surface area (TPSA) is 23.6 Å². The minimum absolute atomic E-state index is 0.0349. The van der Waals surface area contributed by atoms with Crippen molar-refractivity contribution < 1.29 is 4.79 Å². The van der Waals surface area contributed by atoms with Crippen LogP contribution in [0.1, 0.15) is 22.0 Å². The second-order valence-electron chi connectivity index (χ2n) is 6.62. The van der Waals surface area contributed by atoms with Crippen LogP contribution < -0.4 is 4.90 Å². The summed E-state index contributed by atoms with van der Waals surface area (Å²) in [5.74, 6) is 0.0575. The number of hydrogen-bond donors (Lipinski definition) is 0. The summed E-state index contributed by atoms with van der Waals surface area (Å²) < 4.78 is 0. The lowest BCUT2D eigenvalue weighted by Gasteiger charge is -2.43. The average Bonchev–Trinajstić information content (AvgIpc) is 3.23. The summed E-state index contributed by atoms with van der Waals surface area (Å²) >= 11 is 20.2. The van der Waals surface area contributed by atoms with E-state index in [2.05, 4.69) is 4.90 Å². The van der Waals surface area contributed by atoms with Crippen LogP contribution in [0.3, 0.4) is 0 Å². The highest BCUT2D eigenvalue weighted by Gasteiger charge is 2.32. The molecule has 0 radical (unpaired) electrons. The lowest BCUT2D eigenvalue weighted by Crippen LogP contribution is -2.50. The SMILES string of the molecule is O=C(c1ccsc1)N1CCN(c2ccc(Cl)cc2Cl)C(c2ccc(Cl)cc2)C1. The van der Waals surface area contributed by atoms with Crippen LogP contribution in [0.4, 0.5) is 5.69 Å². The van der Waals surface area contributed by atoms with Crippen LogP contribution in [0.15, 0.2) is 59.3 Å². The van der Waals surface area contributed by atoms with Crippen LogP contribution in [-0.2, 0) is 0 Å². The zero-order chi connectivity index (χ0) is 19.7. The van der Waals surface area contributed by atoms with Gasteiger partial charge in [-0.15, -0.1) is 0 Å². The highest BCUT2D eigenvalue weighted by atomic mass is 35.5. The summed E-state index contributed by atoms with van der Waals surface area (Å²) in [6.45, 7) is 1.86. The van der Waals surface area contributed by atoms with Gasteiger partial charge in [-0.1, -0.05) is 46.9 Å². The Morgan fingerprint density at radius 3 is 2.39 bits per heavy atom. The predicted molar refractivity (Wildman–Crippen MR) is 118 cm³/mol. The van der Waals surface area contributed by atoms with E-state index in [1.807, 2.05) is 58.1 Å². The third-order valence-electron chi connectivity index (χ3n) is 4.91. The van der Waals surface area contributed by atoms with E-state index >= 15 is 0 Å². The van der Waals surface area contributed by atoms with Crippen LogP contribution >= 0.6 is 46.1 Å². The first-order valence-electron chi connectivity index (χ1n) is 8.81. The van der Waals surface area contributed by atoms with Crippen molar-refractivity contribution in [1.82, 2.24) is 4.90 Å². The maximum absolute atomic E-state index is 12.9. The Labute approximate surface area is 183 Å². The number of anilines is 1. The van der Waals surface area contributed by atoms with Gasteiger partial charge in [0.15, 0.2) is 0 Å². The smallest absolute Gasteiger partial charge is 0.254 e. The third kappa shape index (κ3) is 4.01. The van der Waals surface area contributed by atoms with E-state index in [9.17, 15) is 4.79 Å². The van der Waals surface area contributed by atoms with E-state index in [1.54, 1.807) is 6.07 Å². The molecule has 1 amide bonds. The molecule has 3 aromatic rings. The van der Waals surface area contributed by atoms with Gasteiger partial charge in [0.05, 0.1) is 22.3 Å². The molecule has 0 saturated carbocycles. The molecule has 2 aromatic carbocycles. The largest absolute Gasteiger partial charge is 0.360 e. The van der Waals surface area contributed by atoms with E-state index in [1.165, 1.54) is 11.3 Å².